The van der Waals surface area contributed by atoms with Gasteiger partial charge in [0.25, 0.3) is 11.8 Å². The van der Waals surface area contributed by atoms with Crippen LogP contribution in [0.3, 0.4) is 0 Å². The van der Waals surface area contributed by atoms with Crippen molar-refractivity contribution in [3.8, 4) is 0 Å². The maximum Gasteiger partial charge on any atom is 0.399 e. The molecule has 23 heavy (non-hydrogen) atoms. The van der Waals surface area contributed by atoms with Crippen LogP contribution in [0.25, 0.3) is 0 Å². The molecule has 2 aromatic rings. The smallest absolute Gasteiger partial charge is 0.268 e. The van der Waals surface area contributed by atoms with Gasteiger partial charge in [0.05, 0.1) is 11.1 Å². The van der Waals surface area contributed by atoms with Gasteiger partial charge in [-0.2, -0.15) is 8.42 Å². The highest BCUT2D eigenvalue weighted by molar-refractivity contribution is 7.80. The normalized spacial score (nSPS) is 15.6. The largest absolute Gasteiger partial charge is 0.399 e. The van der Waals surface area contributed by atoms with E-state index < -0.39 is 28.4 Å². The van der Waals surface area contributed by atoms with Gasteiger partial charge in [-0.3, -0.25) is 14.1 Å². The third-order valence-corrected chi connectivity index (χ3v) is 3.78. The van der Waals surface area contributed by atoms with E-state index in [1.165, 1.54) is 24.3 Å². The maximum absolute atomic E-state index is 12.5. The van der Waals surface area contributed by atoms with E-state index in [1.54, 1.807) is 30.3 Å². The summed E-state index contributed by atoms with van der Waals surface area (Å²) in [7, 11) is -4.89. The van der Waals surface area contributed by atoms with Crippen molar-refractivity contribution in [3.63, 3.8) is 0 Å². The second-order valence-electron chi connectivity index (χ2n) is 4.81. The van der Waals surface area contributed by atoms with Crippen molar-refractivity contribution in [2.75, 3.05) is 0 Å². The standard InChI is InChI=1S/C15H11NO6S/c17-13-11-8-4-5-9-12(11)14(18)16(13)15(22-23(19,20)21)10-6-2-1-3-7-10/h1-9,15H,(H,19,20,21). The Labute approximate surface area is 132 Å². The van der Waals surface area contributed by atoms with Gasteiger partial charge in [-0.25, -0.2) is 9.08 Å². The van der Waals surface area contributed by atoms with Crippen LogP contribution in [0.1, 0.15) is 32.5 Å². The van der Waals surface area contributed by atoms with Crippen LogP contribution >= 0.6 is 0 Å². The molecule has 8 heteroatoms. The van der Waals surface area contributed by atoms with Gasteiger partial charge in [0.1, 0.15) is 0 Å². The fourth-order valence-electron chi connectivity index (χ4n) is 2.40. The third kappa shape index (κ3) is 2.87. The molecule has 7 nitrogen and oxygen atoms in total. The van der Waals surface area contributed by atoms with Crippen molar-refractivity contribution < 1.29 is 26.7 Å². The first-order chi connectivity index (χ1) is 10.9. The van der Waals surface area contributed by atoms with Crippen molar-refractivity contribution in [2.45, 2.75) is 6.23 Å². The lowest BCUT2D eigenvalue weighted by molar-refractivity contribution is 0.0219. The van der Waals surface area contributed by atoms with E-state index in [0.717, 1.165) is 0 Å². The van der Waals surface area contributed by atoms with E-state index in [4.69, 9.17) is 4.55 Å². The van der Waals surface area contributed by atoms with Crippen LogP contribution in [0.5, 0.6) is 0 Å². The molecule has 1 aliphatic heterocycles. The molecule has 118 valence electrons. The minimum atomic E-state index is -4.89. The lowest BCUT2D eigenvalue weighted by Crippen LogP contribution is -2.36. The van der Waals surface area contributed by atoms with Gasteiger partial charge in [-0.15, -0.1) is 0 Å². The van der Waals surface area contributed by atoms with Crippen molar-refractivity contribution in [3.05, 3.63) is 71.3 Å². The highest BCUT2D eigenvalue weighted by atomic mass is 32.3. The summed E-state index contributed by atoms with van der Waals surface area (Å²) in [6.07, 6.45) is -1.58. The Bertz CT molecular complexity index is 843. The molecule has 1 atom stereocenters. The lowest BCUT2D eigenvalue weighted by Gasteiger charge is -2.24. The first-order valence-electron chi connectivity index (χ1n) is 6.56. The molecule has 0 spiro atoms. The number of carbonyl (C=O) groups is 2. The van der Waals surface area contributed by atoms with Crippen LogP contribution < -0.4 is 0 Å². The topological polar surface area (TPSA) is 101 Å². The first-order valence-corrected chi connectivity index (χ1v) is 7.92. The van der Waals surface area contributed by atoms with Crippen LogP contribution in [0, 0.1) is 0 Å². The van der Waals surface area contributed by atoms with Crippen molar-refractivity contribution in [1.82, 2.24) is 4.90 Å². The van der Waals surface area contributed by atoms with Gasteiger partial charge in [-0.1, -0.05) is 42.5 Å². The zero-order chi connectivity index (χ0) is 16.6. The van der Waals surface area contributed by atoms with E-state index in [2.05, 4.69) is 4.18 Å². The van der Waals surface area contributed by atoms with Gasteiger partial charge in [0, 0.05) is 5.56 Å². The predicted molar refractivity (Wildman–Crippen MR) is 78.8 cm³/mol. The van der Waals surface area contributed by atoms with E-state index in [0.29, 0.717) is 4.90 Å². The van der Waals surface area contributed by atoms with E-state index in [-0.39, 0.29) is 16.7 Å². The number of amides is 2. The van der Waals surface area contributed by atoms with Crippen LogP contribution in [-0.2, 0) is 14.6 Å². The van der Waals surface area contributed by atoms with Gasteiger partial charge in [0.2, 0.25) is 0 Å². The number of fused-ring (bicyclic) bond motifs is 1. The third-order valence-electron chi connectivity index (χ3n) is 3.36. The summed E-state index contributed by atoms with van der Waals surface area (Å²) in [5.74, 6) is -1.38. The molecule has 1 unspecified atom stereocenters. The number of hydrogen-bond donors (Lipinski definition) is 1. The molecule has 1 N–H and O–H groups in total. The van der Waals surface area contributed by atoms with E-state index in [1.807, 2.05) is 0 Å². The number of carbonyl (C=O) groups excluding carboxylic acids is 2. The molecule has 0 fully saturated rings. The first kappa shape index (κ1) is 15.3. The molecule has 1 heterocycles. The van der Waals surface area contributed by atoms with Crippen LogP contribution in [0.2, 0.25) is 0 Å². The second kappa shape index (κ2) is 5.58. The Balaban J connectivity index is 2.08. The minimum absolute atomic E-state index is 0.150. The molecule has 0 aromatic heterocycles. The minimum Gasteiger partial charge on any atom is -0.268 e. The summed E-state index contributed by atoms with van der Waals surface area (Å²) < 4.78 is 35.9. The zero-order valence-electron chi connectivity index (χ0n) is 11.6. The average Bonchev–Trinajstić information content (AvgIpc) is 2.77. The van der Waals surface area contributed by atoms with Crippen LogP contribution in [0.15, 0.2) is 54.6 Å². The molecule has 2 aromatic carbocycles. The zero-order valence-corrected chi connectivity index (χ0v) is 12.4. The number of benzene rings is 2. The quantitative estimate of drug-likeness (QED) is 0.676. The average molecular weight is 333 g/mol. The number of rotatable bonds is 4. The van der Waals surface area contributed by atoms with Crippen LogP contribution in [0.4, 0.5) is 0 Å². The summed E-state index contributed by atoms with van der Waals surface area (Å²) in [5.41, 5.74) is 0.536. The maximum atomic E-state index is 12.5. The molecule has 0 saturated heterocycles. The van der Waals surface area contributed by atoms with E-state index >= 15 is 0 Å². The van der Waals surface area contributed by atoms with Crippen molar-refractivity contribution in [1.29, 1.82) is 0 Å². The molecule has 1 aliphatic rings. The second-order valence-corrected chi connectivity index (χ2v) is 5.86. The molecule has 0 saturated carbocycles. The Hall–Kier alpha value is -2.55. The van der Waals surface area contributed by atoms with Crippen molar-refractivity contribution >= 4 is 22.2 Å². The lowest BCUT2D eigenvalue weighted by atomic mass is 10.1. The SMILES string of the molecule is O=C1c2ccccc2C(=O)N1C(OS(=O)(=O)O)c1ccccc1. The van der Waals surface area contributed by atoms with E-state index in [9.17, 15) is 18.0 Å². The van der Waals surface area contributed by atoms with Gasteiger partial charge in [-0.05, 0) is 12.1 Å². The van der Waals surface area contributed by atoms with Crippen LogP contribution in [-0.4, -0.2) is 29.7 Å². The molecular formula is C15H11NO6S. The summed E-state index contributed by atoms with van der Waals surface area (Å²) in [6, 6.07) is 13.9. The summed E-state index contributed by atoms with van der Waals surface area (Å²) >= 11 is 0. The molecule has 0 aliphatic carbocycles. The Morgan fingerprint density at radius 2 is 1.35 bits per heavy atom. The predicted octanol–water partition coefficient (Wildman–Crippen LogP) is 1.80. The number of imide groups is 1. The highest BCUT2D eigenvalue weighted by Gasteiger charge is 2.42. The summed E-state index contributed by atoms with van der Waals surface area (Å²) in [5, 5.41) is 0. The molecule has 2 amide bonds. The molecular weight excluding hydrogens is 322 g/mol. The Kier molecular flexibility index (Phi) is 3.72. The summed E-state index contributed by atoms with van der Waals surface area (Å²) in [6.45, 7) is 0. The molecule has 0 radical (unpaired) electrons. The van der Waals surface area contributed by atoms with Gasteiger partial charge >= 0.3 is 10.4 Å². The molecule has 0 bridgehead atoms. The fraction of sp³-hybridized carbons (Fsp3) is 0.0667. The number of hydrogen-bond acceptors (Lipinski definition) is 5. The number of nitrogens with zero attached hydrogens (tertiary/aromatic N) is 1. The summed E-state index contributed by atoms with van der Waals surface area (Å²) in [4.78, 5) is 25.6. The fourth-order valence-corrected chi connectivity index (χ4v) is 2.83. The van der Waals surface area contributed by atoms with Crippen molar-refractivity contribution in [2.24, 2.45) is 0 Å². The van der Waals surface area contributed by atoms with Gasteiger partial charge in [0.15, 0.2) is 6.23 Å². The highest BCUT2D eigenvalue weighted by Crippen LogP contribution is 2.32. The Morgan fingerprint density at radius 3 is 1.83 bits per heavy atom. The Morgan fingerprint density at radius 1 is 0.870 bits per heavy atom. The monoisotopic (exact) mass is 333 g/mol. The van der Waals surface area contributed by atoms with Gasteiger partial charge < -0.3 is 0 Å². The molecule has 3 rings (SSSR count).